The summed E-state index contributed by atoms with van der Waals surface area (Å²) < 4.78 is 5.16. The number of methoxy groups -OCH3 is 1. The van der Waals surface area contributed by atoms with Crippen molar-refractivity contribution in [1.82, 2.24) is 9.88 Å². The standard InChI is InChI=1S/C16H27N3O2/c1-6-8-17-15-9-12(3)18-10-14(15)16(20)19(7-2)13(4)11-21-5/h9-10,13H,6-8,11H2,1-5H3,(H,17,18). The van der Waals surface area contributed by atoms with Gasteiger partial charge in [0.15, 0.2) is 0 Å². The number of carbonyl (C=O) groups is 1. The van der Waals surface area contributed by atoms with Gasteiger partial charge >= 0.3 is 0 Å². The van der Waals surface area contributed by atoms with Crippen molar-refractivity contribution in [3.63, 3.8) is 0 Å². The van der Waals surface area contributed by atoms with Gasteiger partial charge in [0, 0.05) is 32.1 Å². The smallest absolute Gasteiger partial charge is 0.257 e. The van der Waals surface area contributed by atoms with Crippen molar-refractivity contribution in [2.24, 2.45) is 0 Å². The number of pyridine rings is 1. The van der Waals surface area contributed by atoms with Crippen molar-refractivity contribution in [3.05, 3.63) is 23.5 Å². The molecule has 0 aromatic carbocycles. The van der Waals surface area contributed by atoms with Crippen LogP contribution in [0.2, 0.25) is 0 Å². The molecule has 1 heterocycles. The quantitative estimate of drug-likeness (QED) is 0.800. The molecule has 1 aromatic heterocycles. The summed E-state index contributed by atoms with van der Waals surface area (Å²) in [5.74, 6) is -0.00634. The topological polar surface area (TPSA) is 54.5 Å². The van der Waals surface area contributed by atoms with Gasteiger partial charge in [-0.3, -0.25) is 9.78 Å². The van der Waals surface area contributed by atoms with Crippen LogP contribution in [0.25, 0.3) is 0 Å². The molecule has 21 heavy (non-hydrogen) atoms. The maximum atomic E-state index is 12.8. The number of aryl methyl sites for hydroxylation is 1. The molecule has 0 bridgehead atoms. The van der Waals surface area contributed by atoms with Crippen molar-refractivity contribution >= 4 is 11.6 Å². The number of rotatable bonds is 8. The van der Waals surface area contributed by atoms with E-state index in [2.05, 4.69) is 17.2 Å². The maximum absolute atomic E-state index is 12.8. The molecule has 0 radical (unpaired) electrons. The molecule has 118 valence electrons. The Morgan fingerprint density at radius 3 is 2.76 bits per heavy atom. The first kappa shape index (κ1) is 17.4. The van der Waals surface area contributed by atoms with Crippen LogP contribution in [0.4, 0.5) is 5.69 Å². The van der Waals surface area contributed by atoms with Crippen molar-refractivity contribution in [3.8, 4) is 0 Å². The van der Waals surface area contributed by atoms with Gasteiger partial charge in [-0.05, 0) is 33.3 Å². The molecule has 0 saturated heterocycles. The van der Waals surface area contributed by atoms with Crippen molar-refractivity contribution in [2.75, 3.05) is 32.1 Å². The highest BCUT2D eigenvalue weighted by Gasteiger charge is 2.22. The van der Waals surface area contributed by atoms with E-state index in [0.717, 1.165) is 24.3 Å². The fourth-order valence-corrected chi connectivity index (χ4v) is 2.28. The fourth-order valence-electron chi connectivity index (χ4n) is 2.28. The van der Waals surface area contributed by atoms with E-state index in [9.17, 15) is 4.79 Å². The van der Waals surface area contributed by atoms with Crippen LogP contribution in [0, 0.1) is 6.92 Å². The summed E-state index contributed by atoms with van der Waals surface area (Å²) in [4.78, 5) is 18.9. The predicted molar refractivity (Wildman–Crippen MR) is 85.8 cm³/mol. The van der Waals surface area contributed by atoms with Crippen LogP contribution in [-0.4, -0.2) is 48.6 Å². The molecular formula is C16H27N3O2. The average Bonchev–Trinajstić information content (AvgIpc) is 2.46. The largest absolute Gasteiger partial charge is 0.384 e. The summed E-state index contributed by atoms with van der Waals surface area (Å²) in [7, 11) is 1.65. The lowest BCUT2D eigenvalue weighted by Gasteiger charge is -2.28. The van der Waals surface area contributed by atoms with Gasteiger partial charge < -0.3 is 15.0 Å². The van der Waals surface area contributed by atoms with Crippen molar-refractivity contribution < 1.29 is 9.53 Å². The van der Waals surface area contributed by atoms with Gasteiger partial charge in [-0.1, -0.05) is 6.92 Å². The summed E-state index contributed by atoms with van der Waals surface area (Å²) in [5, 5.41) is 3.32. The molecule has 0 aliphatic carbocycles. The minimum atomic E-state index is -0.00634. The molecule has 0 aliphatic heterocycles. The number of amides is 1. The Morgan fingerprint density at radius 1 is 1.48 bits per heavy atom. The minimum Gasteiger partial charge on any atom is -0.384 e. The van der Waals surface area contributed by atoms with Gasteiger partial charge in [-0.2, -0.15) is 0 Å². The van der Waals surface area contributed by atoms with Crippen LogP contribution in [0.15, 0.2) is 12.3 Å². The van der Waals surface area contributed by atoms with Crippen LogP contribution < -0.4 is 5.32 Å². The molecule has 5 nitrogen and oxygen atoms in total. The predicted octanol–water partition coefficient (Wildman–Crippen LogP) is 2.71. The highest BCUT2D eigenvalue weighted by atomic mass is 16.5. The maximum Gasteiger partial charge on any atom is 0.257 e. The molecule has 0 saturated carbocycles. The highest BCUT2D eigenvalue weighted by molar-refractivity contribution is 5.99. The first-order chi connectivity index (χ1) is 10.0. The fraction of sp³-hybridized carbons (Fsp3) is 0.625. The Hall–Kier alpha value is -1.62. The monoisotopic (exact) mass is 293 g/mol. The summed E-state index contributed by atoms with van der Waals surface area (Å²) in [6.07, 6.45) is 2.67. The van der Waals surface area contributed by atoms with Gasteiger partial charge in [0.05, 0.1) is 23.9 Å². The zero-order chi connectivity index (χ0) is 15.8. The van der Waals surface area contributed by atoms with E-state index >= 15 is 0 Å². The first-order valence-electron chi connectivity index (χ1n) is 7.55. The second-order valence-electron chi connectivity index (χ2n) is 5.19. The minimum absolute atomic E-state index is 0.00634. The summed E-state index contributed by atoms with van der Waals surface area (Å²) in [5.41, 5.74) is 2.38. The number of aromatic nitrogens is 1. The van der Waals surface area contributed by atoms with E-state index < -0.39 is 0 Å². The van der Waals surface area contributed by atoms with Gasteiger partial charge in [0.25, 0.3) is 5.91 Å². The lowest BCUT2D eigenvalue weighted by Crippen LogP contribution is -2.41. The van der Waals surface area contributed by atoms with E-state index in [1.54, 1.807) is 13.3 Å². The van der Waals surface area contributed by atoms with E-state index in [1.807, 2.05) is 31.7 Å². The molecule has 0 spiro atoms. The van der Waals surface area contributed by atoms with E-state index in [-0.39, 0.29) is 11.9 Å². The molecule has 1 N–H and O–H groups in total. The van der Waals surface area contributed by atoms with Gasteiger partial charge in [0.2, 0.25) is 0 Å². The number of hydrogen-bond acceptors (Lipinski definition) is 4. The average molecular weight is 293 g/mol. The van der Waals surface area contributed by atoms with Crippen LogP contribution in [0.3, 0.4) is 0 Å². The molecule has 1 rings (SSSR count). The summed E-state index contributed by atoms with van der Waals surface area (Å²) in [6.45, 7) is 10.00. The Kier molecular flexibility index (Phi) is 7.15. The molecule has 5 heteroatoms. The van der Waals surface area contributed by atoms with Crippen LogP contribution in [0.1, 0.15) is 43.2 Å². The lowest BCUT2D eigenvalue weighted by molar-refractivity contribution is 0.0580. The highest BCUT2D eigenvalue weighted by Crippen LogP contribution is 2.19. The number of nitrogens with one attached hydrogen (secondary N) is 1. The van der Waals surface area contributed by atoms with Crippen molar-refractivity contribution in [1.29, 1.82) is 0 Å². The van der Waals surface area contributed by atoms with E-state index in [4.69, 9.17) is 4.74 Å². The number of ether oxygens (including phenoxy) is 1. The number of carbonyl (C=O) groups excluding carboxylic acids is 1. The zero-order valence-electron chi connectivity index (χ0n) is 13.8. The van der Waals surface area contributed by atoms with Crippen LogP contribution in [0.5, 0.6) is 0 Å². The Morgan fingerprint density at radius 2 is 2.19 bits per heavy atom. The van der Waals surface area contributed by atoms with Crippen LogP contribution in [-0.2, 0) is 4.74 Å². The van der Waals surface area contributed by atoms with Gasteiger partial charge in [-0.15, -0.1) is 0 Å². The molecule has 1 aromatic rings. The molecule has 1 amide bonds. The Bertz CT molecular complexity index is 463. The third-order valence-corrected chi connectivity index (χ3v) is 3.38. The third kappa shape index (κ3) is 4.70. The second kappa shape index (κ2) is 8.62. The first-order valence-corrected chi connectivity index (χ1v) is 7.55. The lowest BCUT2D eigenvalue weighted by atomic mass is 10.1. The van der Waals surface area contributed by atoms with E-state index in [1.165, 1.54) is 0 Å². The SMILES string of the molecule is CCCNc1cc(C)ncc1C(=O)N(CC)C(C)COC. The number of likely N-dealkylation sites (N-methyl/N-ethyl adjacent to an activating group) is 1. The molecule has 0 aliphatic rings. The number of nitrogens with zero attached hydrogens (tertiary/aromatic N) is 2. The number of anilines is 1. The van der Waals surface area contributed by atoms with Crippen molar-refractivity contribution in [2.45, 2.75) is 40.2 Å². The normalized spacial score (nSPS) is 12.0. The molecule has 0 fully saturated rings. The van der Waals surface area contributed by atoms with Gasteiger partial charge in [0.1, 0.15) is 0 Å². The third-order valence-electron chi connectivity index (χ3n) is 3.38. The zero-order valence-corrected chi connectivity index (χ0v) is 13.8. The molecule has 1 unspecified atom stereocenters. The second-order valence-corrected chi connectivity index (χ2v) is 5.19. The Balaban J connectivity index is 3.03. The van der Waals surface area contributed by atoms with Gasteiger partial charge in [-0.25, -0.2) is 0 Å². The number of hydrogen-bond donors (Lipinski definition) is 1. The summed E-state index contributed by atoms with van der Waals surface area (Å²) >= 11 is 0. The van der Waals surface area contributed by atoms with E-state index in [0.29, 0.717) is 18.7 Å². The summed E-state index contributed by atoms with van der Waals surface area (Å²) in [6, 6.07) is 1.96. The Labute approximate surface area is 127 Å². The molecule has 1 atom stereocenters. The van der Waals surface area contributed by atoms with Crippen LogP contribution >= 0.6 is 0 Å². The molecular weight excluding hydrogens is 266 g/mol.